The molecule has 1 aromatic rings. The van der Waals surface area contributed by atoms with Crippen LogP contribution in [-0.2, 0) is 10.2 Å². The normalized spacial score (nSPS) is 11.6. The van der Waals surface area contributed by atoms with Crippen molar-refractivity contribution in [2.24, 2.45) is 11.7 Å². The summed E-state index contributed by atoms with van der Waals surface area (Å²) >= 11 is 0. The summed E-state index contributed by atoms with van der Waals surface area (Å²) < 4.78 is 41.1. The Morgan fingerprint density at radius 3 is 2.63 bits per heavy atom. The second-order valence-corrected chi connectivity index (χ2v) is 5.95. The van der Waals surface area contributed by atoms with Crippen molar-refractivity contribution in [3.05, 3.63) is 29.6 Å². The van der Waals surface area contributed by atoms with Crippen LogP contribution in [0.25, 0.3) is 0 Å². The molecule has 0 amide bonds. The van der Waals surface area contributed by atoms with Crippen LogP contribution in [0.2, 0.25) is 0 Å². The second kappa shape index (κ2) is 5.98. The molecule has 0 radical (unpaired) electrons. The first kappa shape index (κ1) is 15.4. The van der Waals surface area contributed by atoms with Crippen molar-refractivity contribution in [3.63, 3.8) is 0 Å². The van der Waals surface area contributed by atoms with Crippen LogP contribution < -0.4 is 15.2 Å². The molecule has 0 saturated carbocycles. The molecule has 19 heavy (non-hydrogen) atoms. The predicted molar refractivity (Wildman–Crippen MR) is 72.8 cm³/mol. The van der Waals surface area contributed by atoms with E-state index in [-0.39, 0.29) is 23.7 Å². The van der Waals surface area contributed by atoms with Gasteiger partial charge in [-0.05, 0) is 24.1 Å². The maximum absolute atomic E-state index is 13.0. The van der Waals surface area contributed by atoms with Gasteiger partial charge >= 0.3 is 0 Å². The summed E-state index contributed by atoms with van der Waals surface area (Å²) in [7, 11) is -3.77. The fraction of sp³-hybridized carbons (Fsp3) is 0.364. The second-order valence-electron chi connectivity index (χ2n) is 4.45. The van der Waals surface area contributed by atoms with Crippen LogP contribution in [0.4, 0.5) is 10.1 Å². The summed E-state index contributed by atoms with van der Waals surface area (Å²) in [5.74, 6) is -0.860. The molecule has 0 bridgehead atoms. The van der Waals surface area contributed by atoms with Gasteiger partial charge in [0.1, 0.15) is 11.7 Å². The van der Waals surface area contributed by atoms with Gasteiger partial charge in [0.25, 0.3) is 10.2 Å². The summed E-state index contributed by atoms with van der Waals surface area (Å²) in [4.78, 5) is 0. The first-order valence-corrected chi connectivity index (χ1v) is 7.11. The summed E-state index contributed by atoms with van der Waals surface area (Å²) in [5.41, 5.74) is 5.34. The van der Waals surface area contributed by atoms with E-state index in [1.807, 2.05) is 13.8 Å². The smallest absolute Gasteiger partial charge is 0.299 e. The maximum Gasteiger partial charge on any atom is 0.299 e. The third-order valence-corrected chi connectivity index (χ3v) is 3.23. The summed E-state index contributed by atoms with van der Waals surface area (Å²) in [6.45, 7) is 3.99. The Kier molecular flexibility index (Phi) is 4.84. The molecule has 0 aromatic heterocycles. The number of nitrogens with one attached hydrogen (secondary N) is 3. The van der Waals surface area contributed by atoms with Crippen LogP contribution in [-0.4, -0.2) is 20.8 Å². The lowest BCUT2D eigenvalue weighted by atomic mass is 10.1. The quantitative estimate of drug-likeness (QED) is 0.463. The Morgan fingerprint density at radius 2 is 2.11 bits per heavy atom. The lowest BCUT2D eigenvalue weighted by molar-refractivity contribution is 0.565. The van der Waals surface area contributed by atoms with Crippen molar-refractivity contribution in [1.29, 1.82) is 5.41 Å². The molecule has 106 valence electrons. The first-order valence-electron chi connectivity index (χ1n) is 5.62. The molecule has 0 aliphatic carbocycles. The zero-order valence-corrected chi connectivity index (χ0v) is 11.5. The Hall–Kier alpha value is -1.67. The van der Waals surface area contributed by atoms with Crippen molar-refractivity contribution >= 4 is 21.7 Å². The Balaban J connectivity index is 2.96. The van der Waals surface area contributed by atoms with E-state index in [2.05, 4.69) is 9.44 Å². The highest BCUT2D eigenvalue weighted by molar-refractivity contribution is 7.90. The number of anilines is 1. The fourth-order valence-electron chi connectivity index (χ4n) is 1.29. The maximum atomic E-state index is 13.0. The Labute approximate surface area is 111 Å². The lowest BCUT2D eigenvalue weighted by Gasteiger charge is -2.13. The molecular formula is C11H17FN4O2S. The highest BCUT2D eigenvalue weighted by Gasteiger charge is 2.14. The van der Waals surface area contributed by atoms with E-state index in [0.29, 0.717) is 0 Å². The van der Waals surface area contributed by atoms with E-state index >= 15 is 0 Å². The highest BCUT2D eigenvalue weighted by Crippen LogP contribution is 2.17. The molecule has 1 rings (SSSR count). The minimum absolute atomic E-state index is 0.00470. The number of nitrogen functional groups attached to an aromatic ring is 1. The van der Waals surface area contributed by atoms with Crippen molar-refractivity contribution in [3.8, 4) is 0 Å². The molecule has 0 heterocycles. The molecule has 0 fully saturated rings. The van der Waals surface area contributed by atoms with Gasteiger partial charge in [-0.15, -0.1) is 0 Å². The molecule has 0 unspecified atom stereocenters. The number of nitrogens with two attached hydrogens (primary N) is 1. The van der Waals surface area contributed by atoms with Crippen LogP contribution in [0.3, 0.4) is 0 Å². The number of rotatable bonds is 6. The third-order valence-electron chi connectivity index (χ3n) is 2.20. The van der Waals surface area contributed by atoms with Gasteiger partial charge in [0, 0.05) is 12.1 Å². The predicted octanol–water partition coefficient (Wildman–Crippen LogP) is 1.01. The van der Waals surface area contributed by atoms with Crippen LogP contribution in [0.5, 0.6) is 0 Å². The number of amidine groups is 1. The van der Waals surface area contributed by atoms with E-state index in [1.165, 1.54) is 6.07 Å². The first-order chi connectivity index (χ1) is 8.71. The SMILES string of the molecule is CC(C)CNS(=O)(=O)Nc1ccc(F)cc1C(=N)N. The molecular weight excluding hydrogens is 271 g/mol. The van der Waals surface area contributed by atoms with Crippen molar-refractivity contribution in [2.45, 2.75) is 13.8 Å². The molecule has 6 nitrogen and oxygen atoms in total. The minimum Gasteiger partial charge on any atom is -0.384 e. The number of hydrogen-bond donors (Lipinski definition) is 4. The van der Waals surface area contributed by atoms with Gasteiger partial charge in [-0.3, -0.25) is 10.1 Å². The summed E-state index contributed by atoms with van der Waals surface area (Å²) in [6, 6.07) is 3.32. The zero-order valence-electron chi connectivity index (χ0n) is 10.7. The van der Waals surface area contributed by atoms with Crippen molar-refractivity contribution < 1.29 is 12.8 Å². The zero-order chi connectivity index (χ0) is 14.6. The van der Waals surface area contributed by atoms with Crippen LogP contribution in [0, 0.1) is 17.1 Å². The van der Waals surface area contributed by atoms with Gasteiger partial charge in [0.15, 0.2) is 0 Å². The molecule has 5 N–H and O–H groups in total. The topological polar surface area (TPSA) is 108 Å². The van der Waals surface area contributed by atoms with Gasteiger partial charge in [-0.1, -0.05) is 13.8 Å². The van der Waals surface area contributed by atoms with Crippen LogP contribution in [0.15, 0.2) is 18.2 Å². The lowest BCUT2D eigenvalue weighted by Crippen LogP contribution is -2.33. The molecule has 1 aromatic carbocycles. The highest BCUT2D eigenvalue weighted by atomic mass is 32.2. The minimum atomic E-state index is -3.77. The van der Waals surface area contributed by atoms with Gasteiger partial charge in [-0.2, -0.15) is 13.1 Å². The molecule has 0 spiro atoms. The molecule has 8 heteroatoms. The largest absolute Gasteiger partial charge is 0.384 e. The number of hydrogen-bond acceptors (Lipinski definition) is 3. The van der Waals surface area contributed by atoms with Crippen molar-refractivity contribution in [1.82, 2.24) is 4.72 Å². The number of halogens is 1. The van der Waals surface area contributed by atoms with E-state index in [0.717, 1.165) is 12.1 Å². The third kappa shape index (κ3) is 4.84. The van der Waals surface area contributed by atoms with E-state index in [9.17, 15) is 12.8 Å². The average molecular weight is 288 g/mol. The van der Waals surface area contributed by atoms with Gasteiger partial charge in [0.2, 0.25) is 0 Å². The average Bonchev–Trinajstić information content (AvgIpc) is 2.28. The summed E-state index contributed by atoms with van der Waals surface area (Å²) in [5, 5.41) is 7.31. The molecule has 0 aliphatic heterocycles. The van der Waals surface area contributed by atoms with Gasteiger partial charge in [0.05, 0.1) is 5.69 Å². The summed E-state index contributed by atoms with van der Waals surface area (Å²) in [6.07, 6.45) is 0. The number of benzene rings is 1. The van der Waals surface area contributed by atoms with Gasteiger partial charge in [-0.25, -0.2) is 4.39 Å². The standard InChI is InChI=1S/C11H17FN4O2S/c1-7(2)6-15-19(17,18)16-10-4-3-8(12)5-9(10)11(13)14/h3-5,7,15-16H,6H2,1-2H3,(H3,13,14). The Bertz CT molecular complexity index is 572. The fourth-order valence-corrected chi connectivity index (χ4v) is 2.38. The van der Waals surface area contributed by atoms with Crippen LogP contribution >= 0.6 is 0 Å². The van der Waals surface area contributed by atoms with E-state index < -0.39 is 21.9 Å². The van der Waals surface area contributed by atoms with Crippen molar-refractivity contribution in [2.75, 3.05) is 11.3 Å². The van der Waals surface area contributed by atoms with E-state index in [4.69, 9.17) is 11.1 Å². The van der Waals surface area contributed by atoms with Gasteiger partial charge < -0.3 is 5.73 Å². The monoisotopic (exact) mass is 288 g/mol. The molecule has 0 aliphatic rings. The van der Waals surface area contributed by atoms with Crippen LogP contribution in [0.1, 0.15) is 19.4 Å². The molecule has 0 atom stereocenters. The van der Waals surface area contributed by atoms with E-state index in [1.54, 1.807) is 0 Å². The Morgan fingerprint density at radius 1 is 1.47 bits per heavy atom. The molecule has 0 saturated heterocycles.